The van der Waals surface area contributed by atoms with Crippen LogP contribution in [0, 0.1) is 11.3 Å². The van der Waals surface area contributed by atoms with Crippen molar-refractivity contribution in [1.82, 2.24) is 20.5 Å². The Morgan fingerprint density at radius 1 is 1.23 bits per heavy atom. The average molecular weight is 488 g/mol. The number of amides is 1. The van der Waals surface area contributed by atoms with Crippen molar-refractivity contribution in [1.29, 1.82) is 5.26 Å². The number of H-pyrrole nitrogens is 1. The number of methoxy groups -OCH3 is 1. The van der Waals surface area contributed by atoms with Crippen LogP contribution >= 0.6 is 12.2 Å². The molecule has 9 nitrogen and oxygen atoms in total. The van der Waals surface area contributed by atoms with Crippen LogP contribution in [0.5, 0.6) is 5.75 Å². The molecule has 10 heteroatoms. The lowest BCUT2D eigenvalue weighted by Crippen LogP contribution is -2.55. The molecule has 1 aliphatic carbocycles. The monoisotopic (exact) mass is 487 g/mol. The molecule has 2 aliphatic heterocycles. The summed E-state index contributed by atoms with van der Waals surface area (Å²) >= 11 is 5.92. The van der Waals surface area contributed by atoms with E-state index in [0.717, 1.165) is 67.5 Å². The maximum absolute atomic E-state index is 13.8. The van der Waals surface area contributed by atoms with E-state index in [9.17, 15) is 10.1 Å². The molecule has 3 fully saturated rings. The molecule has 178 valence electrons. The van der Waals surface area contributed by atoms with Gasteiger partial charge in [-0.15, -0.1) is 0 Å². The third kappa shape index (κ3) is 3.22. The van der Waals surface area contributed by atoms with Crippen molar-refractivity contribution < 1.29 is 9.53 Å². The molecule has 4 heterocycles. The second-order valence-electron chi connectivity index (χ2n) is 9.36. The van der Waals surface area contributed by atoms with Crippen LogP contribution in [0.15, 0.2) is 30.5 Å². The van der Waals surface area contributed by atoms with Gasteiger partial charge < -0.3 is 15.0 Å². The van der Waals surface area contributed by atoms with Gasteiger partial charge in [-0.3, -0.25) is 14.8 Å². The number of aromatic nitrogens is 3. The van der Waals surface area contributed by atoms with Gasteiger partial charge in [0.15, 0.2) is 16.6 Å². The predicted molar refractivity (Wildman–Crippen MR) is 136 cm³/mol. The van der Waals surface area contributed by atoms with E-state index in [-0.39, 0.29) is 11.6 Å². The highest BCUT2D eigenvalue weighted by Gasteiger charge is 2.59. The van der Waals surface area contributed by atoms with Crippen molar-refractivity contribution in [3.05, 3.63) is 41.9 Å². The van der Waals surface area contributed by atoms with Gasteiger partial charge in [0.05, 0.1) is 30.2 Å². The van der Waals surface area contributed by atoms with Gasteiger partial charge in [-0.25, -0.2) is 4.98 Å². The van der Waals surface area contributed by atoms with Crippen molar-refractivity contribution in [3.8, 4) is 11.8 Å². The lowest BCUT2D eigenvalue weighted by molar-refractivity contribution is -0.123. The van der Waals surface area contributed by atoms with Crippen LogP contribution in [0.3, 0.4) is 0 Å². The molecule has 1 aromatic carbocycles. The number of hydrogen-bond acceptors (Lipinski definition) is 7. The number of nitriles is 1. The largest absolute Gasteiger partial charge is 0.494 e. The van der Waals surface area contributed by atoms with E-state index in [4.69, 9.17) is 17.0 Å². The molecular weight excluding hydrogens is 462 g/mol. The zero-order valence-electron chi connectivity index (χ0n) is 19.4. The van der Waals surface area contributed by atoms with Crippen LogP contribution in [0.2, 0.25) is 0 Å². The van der Waals surface area contributed by atoms with Crippen LogP contribution in [0.1, 0.15) is 49.4 Å². The Hall–Kier alpha value is -3.55. The quantitative estimate of drug-likeness (QED) is 0.539. The summed E-state index contributed by atoms with van der Waals surface area (Å²) in [7, 11) is 1.48. The first-order valence-corrected chi connectivity index (χ1v) is 12.3. The van der Waals surface area contributed by atoms with Gasteiger partial charge in [0.1, 0.15) is 11.6 Å². The Balaban J connectivity index is 1.42. The van der Waals surface area contributed by atoms with E-state index >= 15 is 0 Å². The molecule has 2 saturated heterocycles. The Morgan fingerprint density at radius 2 is 2.03 bits per heavy atom. The highest BCUT2D eigenvalue weighted by atomic mass is 32.1. The Morgan fingerprint density at radius 3 is 2.71 bits per heavy atom. The fourth-order valence-corrected chi connectivity index (χ4v) is 6.04. The van der Waals surface area contributed by atoms with Gasteiger partial charge in [-0.2, -0.15) is 10.4 Å². The number of anilines is 2. The minimum absolute atomic E-state index is 0.0619. The molecule has 2 aromatic heterocycles. The van der Waals surface area contributed by atoms with E-state index in [1.54, 1.807) is 11.0 Å². The standard InChI is InChI=1S/C25H25N7O2S/c1-34-21-12-17(14-28-20(21)13-26)31-23(33)25(7-2-8-25)32(24(31)35)16-3-4-19-18(11-16)22(30-29-19)15-5-9-27-10-6-15/h3-4,11-12,14-15,27H,2,5-10H2,1H3,(H,29,30). The lowest BCUT2D eigenvalue weighted by atomic mass is 9.75. The molecule has 0 bridgehead atoms. The molecule has 3 aromatic rings. The molecular formula is C25H25N7O2S. The van der Waals surface area contributed by atoms with Crippen LogP contribution in [-0.2, 0) is 4.79 Å². The number of carbonyl (C=O) groups excluding carboxylic acids is 1. The Labute approximate surface area is 208 Å². The number of carbonyl (C=O) groups is 1. The maximum Gasteiger partial charge on any atom is 0.259 e. The van der Waals surface area contributed by atoms with E-state index in [0.29, 0.717) is 22.5 Å². The van der Waals surface area contributed by atoms with Crippen LogP contribution in [0.4, 0.5) is 11.4 Å². The molecule has 3 aliphatic rings. The van der Waals surface area contributed by atoms with Crippen molar-refractivity contribution in [2.24, 2.45) is 0 Å². The van der Waals surface area contributed by atoms with Gasteiger partial charge in [-0.1, -0.05) is 0 Å². The van der Waals surface area contributed by atoms with Crippen molar-refractivity contribution in [3.63, 3.8) is 0 Å². The van der Waals surface area contributed by atoms with E-state index < -0.39 is 5.54 Å². The number of pyridine rings is 1. The molecule has 35 heavy (non-hydrogen) atoms. The van der Waals surface area contributed by atoms with Gasteiger partial charge in [-0.05, 0) is 75.6 Å². The highest BCUT2D eigenvalue weighted by molar-refractivity contribution is 7.81. The molecule has 0 unspecified atom stereocenters. The number of rotatable bonds is 4. The van der Waals surface area contributed by atoms with Gasteiger partial charge in [0.25, 0.3) is 5.91 Å². The summed E-state index contributed by atoms with van der Waals surface area (Å²) in [5, 5.41) is 22.0. The molecule has 1 saturated carbocycles. The summed E-state index contributed by atoms with van der Waals surface area (Å²) in [5.74, 6) is 0.653. The van der Waals surface area contributed by atoms with E-state index in [2.05, 4.69) is 26.6 Å². The number of nitrogens with zero attached hydrogens (tertiary/aromatic N) is 5. The zero-order chi connectivity index (χ0) is 24.2. The number of thiocarbonyl (C=S) groups is 1. The second-order valence-corrected chi connectivity index (χ2v) is 9.73. The maximum atomic E-state index is 13.8. The number of benzene rings is 1. The van der Waals surface area contributed by atoms with Crippen molar-refractivity contribution in [2.75, 3.05) is 30.0 Å². The molecule has 0 atom stereocenters. The number of ether oxygens (including phenoxy) is 1. The van der Waals surface area contributed by atoms with Crippen molar-refractivity contribution >= 4 is 45.5 Å². The molecule has 0 radical (unpaired) electrons. The third-order valence-electron chi connectivity index (χ3n) is 7.57. The van der Waals surface area contributed by atoms with Crippen LogP contribution in [-0.4, -0.2) is 51.9 Å². The smallest absolute Gasteiger partial charge is 0.259 e. The van der Waals surface area contributed by atoms with Crippen LogP contribution in [0.25, 0.3) is 10.9 Å². The van der Waals surface area contributed by atoms with Crippen LogP contribution < -0.4 is 19.9 Å². The molecule has 2 N–H and O–H groups in total. The van der Waals surface area contributed by atoms with Crippen molar-refractivity contribution in [2.45, 2.75) is 43.6 Å². The minimum atomic E-state index is -0.704. The lowest BCUT2D eigenvalue weighted by Gasteiger charge is -2.43. The first-order chi connectivity index (χ1) is 17.1. The number of hydrogen-bond donors (Lipinski definition) is 2. The Kier molecular flexibility index (Phi) is 5.20. The topological polar surface area (TPSA) is 110 Å². The number of piperidine rings is 1. The molecule has 1 amide bonds. The summed E-state index contributed by atoms with van der Waals surface area (Å²) in [6.45, 7) is 1.98. The zero-order valence-corrected chi connectivity index (χ0v) is 20.2. The molecule has 6 rings (SSSR count). The summed E-state index contributed by atoms with van der Waals surface area (Å²) in [6, 6.07) is 9.82. The van der Waals surface area contributed by atoms with Gasteiger partial charge in [0.2, 0.25) is 0 Å². The summed E-state index contributed by atoms with van der Waals surface area (Å²) < 4.78 is 5.33. The fraction of sp³-hybridized carbons (Fsp3) is 0.400. The molecule has 1 spiro atoms. The normalized spacial score (nSPS) is 19.9. The fourth-order valence-electron chi connectivity index (χ4n) is 5.57. The Bertz CT molecular complexity index is 1380. The van der Waals surface area contributed by atoms with E-state index in [1.165, 1.54) is 13.3 Å². The summed E-state index contributed by atoms with van der Waals surface area (Å²) in [4.78, 5) is 21.6. The average Bonchev–Trinajstić information content (AvgIpc) is 3.39. The first kappa shape index (κ1) is 21.9. The number of fused-ring (bicyclic) bond motifs is 1. The van der Waals surface area contributed by atoms with E-state index in [1.807, 2.05) is 23.1 Å². The van der Waals surface area contributed by atoms with Gasteiger partial charge in [0, 0.05) is 23.1 Å². The number of nitrogens with one attached hydrogen (secondary N) is 2. The summed E-state index contributed by atoms with van der Waals surface area (Å²) in [6.07, 6.45) is 6.03. The van der Waals surface area contributed by atoms with Gasteiger partial charge >= 0.3 is 0 Å². The number of aromatic amines is 1. The SMILES string of the molecule is COc1cc(N2C(=O)C3(CCC3)N(c3ccc4[nH]nc(C5CCNCC5)c4c3)C2=S)cnc1C#N. The second kappa shape index (κ2) is 8.29. The minimum Gasteiger partial charge on any atom is -0.494 e. The summed E-state index contributed by atoms with van der Waals surface area (Å²) in [5.41, 5.74) is 2.93. The predicted octanol–water partition coefficient (Wildman–Crippen LogP) is 3.37. The highest BCUT2D eigenvalue weighted by Crippen LogP contribution is 2.48. The first-order valence-electron chi connectivity index (χ1n) is 11.9. The third-order valence-corrected chi connectivity index (χ3v) is 7.94.